The first kappa shape index (κ1) is 17.6. The molecule has 1 aromatic rings. The summed E-state index contributed by atoms with van der Waals surface area (Å²) >= 11 is 0. The van der Waals surface area contributed by atoms with Crippen molar-refractivity contribution in [1.29, 1.82) is 0 Å². The van der Waals surface area contributed by atoms with E-state index in [9.17, 15) is 9.59 Å². The van der Waals surface area contributed by atoms with Crippen molar-refractivity contribution in [2.45, 2.75) is 25.7 Å². The molecule has 0 unspecified atom stereocenters. The minimum atomic E-state index is -0.518. The van der Waals surface area contributed by atoms with Crippen LogP contribution in [0.3, 0.4) is 0 Å². The summed E-state index contributed by atoms with van der Waals surface area (Å²) in [4.78, 5) is 24.6. The van der Waals surface area contributed by atoms with Gasteiger partial charge in [-0.05, 0) is 42.0 Å². The molecule has 5 heteroatoms. The summed E-state index contributed by atoms with van der Waals surface area (Å²) < 4.78 is 15.5. The highest BCUT2D eigenvalue weighted by molar-refractivity contribution is 6.23. The third kappa shape index (κ3) is 4.06. The normalized spacial score (nSPS) is 16.3. The van der Waals surface area contributed by atoms with E-state index in [-0.39, 0.29) is 12.4 Å². The molecule has 0 saturated carbocycles. The van der Waals surface area contributed by atoms with Gasteiger partial charge in [0.25, 0.3) is 0 Å². The fourth-order valence-corrected chi connectivity index (χ4v) is 3.27. The van der Waals surface area contributed by atoms with Gasteiger partial charge < -0.3 is 14.2 Å². The van der Waals surface area contributed by atoms with E-state index < -0.39 is 5.97 Å². The first-order valence-corrected chi connectivity index (χ1v) is 8.53. The van der Waals surface area contributed by atoms with Crippen molar-refractivity contribution in [3.8, 4) is 0 Å². The zero-order valence-corrected chi connectivity index (χ0v) is 14.4. The Labute approximate surface area is 147 Å². The lowest BCUT2D eigenvalue weighted by atomic mass is 9.90. The summed E-state index contributed by atoms with van der Waals surface area (Å²) in [6.07, 6.45) is 6.83. The van der Waals surface area contributed by atoms with E-state index in [1.54, 1.807) is 19.3 Å². The standard InChI is InChI=1S/C20H22O5/c1-23-11-12-24-13-19(22)25-18-10-4-9-17(21)20(18)16-8-3-6-14-5-2-7-15(14)16/h3-4,6,8,10H,2,5,7,9,11-13H2,1H3. The second kappa shape index (κ2) is 8.23. The number of fused-ring (bicyclic) bond motifs is 1. The van der Waals surface area contributed by atoms with Crippen LogP contribution in [0.1, 0.15) is 29.5 Å². The third-order valence-electron chi connectivity index (χ3n) is 4.39. The van der Waals surface area contributed by atoms with Crippen LogP contribution in [0.2, 0.25) is 0 Å². The molecule has 0 aliphatic heterocycles. The van der Waals surface area contributed by atoms with Crippen molar-refractivity contribution < 1.29 is 23.8 Å². The maximum Gasteiger partial charge on any atom is 0.337 e. The summed E-state index contributed by atoms with van der Waals surface area (Å²) in [7, 11) is 1.56. The van der Waals surface area contributed by atoms with Crippen LogP contribution in [-0.2, 0) is 36.6 Å². The highest BCUT2D eigenvalue weighted by Gasteiger charge is 2.26. The Morgan fingerprint density at radius 1 is 1.20 bits per heavy atom. The molecule has 0 aromatic heterocycles. The van der Waals surface area contributed by atoms with Gasteiger partial charge in [-0.25, -0.2) is 4.79 Å². The van der Waals surface area contributed by atoms with E-state index in [0.29, 0.717) is 31.0 Å². The average Bonchev–Trinajstić information content (AvgIpc) is 3.08. The zero-order valence-electron chi connectivity index (χ0n) is 14.4. The topological polar surface area (TPSA) is 61.8 Å². The molecule has 132 valence electrons. The van der Waals surface area contributed by atoms with Crippen molar-refractivity contribution in [2.24, 2.45) is 0 Å². The molecule has 0 atom stereocenters. The fourth-order valence-electron chi connectivity index (χ4n) is 3.27. The van der Waals surface area contributed by atoms with Gasteiger partial charge in [-0.1, -0.05) is 24.3 Å². The molecule has 1 aromatic carbocycles. The smallest absolute Gasteiger partial charge is 0.337 e. The molecular weight excluding hydrogens is 320 g/mol. The Hall–Kier alpha value is -2.24. The lowest BCUT2D eigenvalue weighted by Crippen LogP contribution is -2.17. The number of ether oxygens (including phenoxy) is 3. The number of hydrogen-bond donors (Lipinski definition) is 0. The Balaban J connectivity index is 1.83. The monoisotopic (exact) mass is 342 g/mol. The minimum Gasteiger partial charge on any atom is -0.424 e. The van der Waals surface area contributed by atoms with Crippen LogP contribution >= 0.6 is 0 Å². The van der Waals surface area contributed by atoms with Gasteiger partial charge in [0.2, 0.25) is 0 Å². The number of esters is 1. The zero-order chi connectivity index (χ0) is 17.6. The number of benzene rings is 1. The van der Waals surface area contributed by atoms with Gasteiger partial charge in [0.1, 0.15) is 12.4 Å². The number of ketones is 1. The lowest BCUT2D eigenvalue weighted by Gasteiger charge is -2.18. The number of aryl methyl sites for hydroxylation is 1. The van der Waals surface area contributed by atoms with Gasteiger partial charge in [0.05, 0.1) is 18.8 Å². The predicted molar refractivity (Wildman–Crippen MR) is 92.9 cm³/mol. The maximum atomic E-state index is 12.5. The molecule has 0 spiro atoms. The molecule has 2 aliphatic rings. The molecule has 2 aliphatic carbocycles. The van der Waals surface area contributed by atoms with E-state index in [2.05, 4.69) is 6.07 Å². The molecule has 0 bridgehead atoms. The van der Waals surface area contributed by atoms with Crippen molar-refractivity contribution in [1.82, 2.24) is 0 Å². The van der Waals surface area contributed by atoms with Crippen LogP contribution in [0.4, 0.5) is 0 Å². The number of rotatable bonds is 7. The summed E-state index contributed by atoms with van der Waals surface area (Å²) in [6.45, 7) is 0.559. The molecule has 25 heavy (non-hydrogen) atoms. The largest absolute Gasteiger partial charge is 0.424 e. The summed E-state index contributed by atoms with van der Waals surface area (Å²) in [6, 6.07) is 6.01. The first-order chi connectivity index (χ1) is 12.2. The molecule has 3 rings (SSSR count). The van der Waals surface area contributed by atoms with Gasteiger partial charge in [-0.15, -0.1) is 0 Å². The quantitative estimate of drug-likeness (QED) is 0.563. The molecule has 5 nitrogen and oxygen atoms in total. The second-order valence-electron chi connectivity index (χ2n) is 6.09. The number of carbonyl (C=O) groups is 2. The molecule has 0 saturated heterocycles. The Morgan fingerprint density at radius 2 is 2.08 bits per heavy atom. The van der Waals surface area contributed by atoms with Crippen LogP contribution < -0.4 is 0 Å². The maximum absolute atomic E-state index is 12.5. The van der Waals surface area contributed by atoms with Gasteiger partial charge in [0, 0.05) is 13.5 Å². The molecular formula is C20H22O5. The van der Waals surface area contributed by atoms with Gasteiger partial charge in [-0.2, -0.15) is 0 Å². The Morgan fingerprint density at radius 3 is 2.92 bits per heavy atom. The van der Waals surface area contributed by atoms with E-state index in [1.807, 2.05) is 12.1 Å². The van der Waals surface area contributed by atoms with E-state index >= 15 is 0 Å². The number of allylic oxidation sites excluding steroid dienone is 3. The van der Waals surface area contributed by atoms with Crippen LogP contribution in [0.25, 0.3) is 5.57 Å². The molecule has 0 N–H and O–H groups in total. The number of carbonyl (C=O) groups excluding carboxylic acids is 2. The predicted octanol–water partition coefficient (Wildman–Crippen LogP) is 2.62. The van der Waals surface area contributed by atoms with Crippen LogP contribution in [-0.4, -0.2) is 38.7 Å². The first-order valence-electron chi connectivity index (χ1n) is 8.53. The van der Waals surface area contributed by atoms with Crippen LogP contribution in [0.15, 0.2) is 36.1 Å². The third-order valence-corrected chi connectivity index (χ3v) is 4.39. The molecule has 0 amide bonds. The van der Waals surface area contributed by atoms with E-state index in [4.69, 9.17) is 14.2 Å². The number of methoxy groups -OCH3 is 1. The van der Waals surface area contributed by atoms with Gasteiger partial charge in [0.15, 0.2) is 5.78 Å². The molecule has 0 radical (unpaired) electrons. The highest BCUT2D eigenvalue weighted by atomic mass is 16.6. The summed E-state index contributed by atoms with van der Waals surface area (Å²) in [5, 5.41) is 0. The average molecular weight is 342 g/mol. The number of hydrogen-bond acceptors (Lipinski definition) is 5. The molecule has 0 heterocycles. The Kier molecular flexibility index (Phi) is 5.79. The van der Waals surface area contributed by atoms with Crippen molar-refractivity contribution in [3.05, 3.63) is 52.8 Å². The van der Waals surface area contributed by atoms with E-state index in [1.165, 1.54) is 11.1 Å². The van der Waals surface area contributed by atoms with Crippen molar-refractivity contribution in [3.63, 3.8) is 0 Å². The summed E-state index contributed by atoms with van der Waals surface area (Å²) in [5.41, 5.74) is 3.88. The van der Waals surface area contributed by atoms with Crippen LogP contribution in [0, 0.1) is 0 Å². The lowest BCUT2D eigenvalue weighted by molar-refractivity contribution is -0.144. The Bertz CT molecular complexity index is 730. The molecule has 0 fully saturated rings. The van der Waals surface area contributed by atoms with Crippen molar-refractivity contribution >= 4 is 17.3 Å². The highest BCUT2D eigenvalue weighted by Crippen LogP contribution is 2.34. The van der Waals surface area contributed by atoms with Crippen molar-refractivity contribution in [2.75, 3.05) is 26.9 Å². The van der Waals surface area contributed by atoms with Gasteiger partial charge >= 0.3 is 5.97 Å². The van der Waals surface area contributed by atoms with Crippen LogP contribution in [0.5, 0.6) is 0 Å². The SMILES string of the molecule is COCCOCC(=O)OC1=C(c2cccc3c2CCC3)C(=O)CC=C1. The fraction of sp³-hybridized carbons (Fsp3) is 0.400. The minimum absolute atomic E-state index is 0.0223. The number of Topliss-reactive ketones (excluding diaryl/α,β-unsaturated/α-hetero) is 1. The van der Waals surface area contributed by atoms with Gasteiger partial charge in [-0.3, -0.25) is 4.79 Å². The summed E-state index contributed by atoms with van der Waals surface area (Å²) in [5.74, 6) is -0.224. The second-order valence-corrected chi connectivity index (χ2v) is 6.09. The van der Waals surface area contributed by atoms with E-state index in [0.717, 1.165) is 24.8 Å².